The Balaban J connectivity index is 2.02. The van der Waals surface area contributed by atoms with Gasteiger partial charge in [0.1, 0.15) is 6.10 Å². The van der Waals surface area contributed by atoms with E-state index in [-0.39, 0.29) is 17.9 Å². The van der Waals surface area contributed by atoms with Crippen LogP contribution >= 0.6 is 0 Å². The second kappa shape index (κ2) is 8.83. The third-order valence-corrected chi connectivity index (χ3v) is 4.47. The normalized spacial score (nSPS) is 16.5. The molecule has 1 atom stereocenters. The summed E-state index contributed by atoms with van der Waals surface area (Å²) in [7, 11) is 0. The summed E-state index contributed by atoms with van der Waals surface area (Å²) in [6.45, 7) is 5.31. The third kappa shape index (κ3) is 5.06. The van der Waals surface area contributed by atoms with Crippen molar-refractivity contribution < 1.29 is 14.3 Å². The largest absolute Gasteiger partial charge is 0.365 e. The summed E-state index contributed by atoms with van der Waals surface area (Å²) in [5, 5.41) is 5.72. The molecule has 5 nitrogen and oxygen atoms in total. The zero-order valence-corrected chi connectivity index (χ0v) is 14.9. The fourth-order valence-corrected chi connectivity index (χ4v) is 3.09. The molecule has 0 radical (unpaired) electrons. The lowest BCUT2D eigenvalue weighted by atomic mass is 9.97. The van der Waals surface area contributed by atoms with E-state index in [0.29, 0.717) is 17.8 Å². The topological polar surface area (TPSA) is 67.4 Å². The first kappa shape index (κ1) is 18.5. The Morgan fingerprint density at radius 3 is 2.38 bits per heavy atom. The lowest BCUT2D eigenvalue weighted by molar-refractivity contribution is -0.132. The van der Waals surface area contributed by atoms with Gasteiger partial charge >= 0.3 is 0 Å². The van der Waals surface area contributed by atoms with Gasteiger partial charge in [0, 0.05) is 18.3 Å². The first-order chi connectivity index (χ1) is 11.5. The third-order valence-electron chi connectivity index (χ3n) is 4.47. The molecule has 1 aliphatic rings. The van der Waals surface area contributed by atoms with Crippen LogP contribution in [-0.4, -0.2) is 24.0 Å². The highest BCUT2D eigenvalue weighted by Gasteiger charge is 2.24. The number of rotatable bonds is 6. The Labute approximate surface area is 144 Å². The summed E-state index contributed by atoms with van der Waals surface area (Å²) in [6, 6.07) is 5.48. The number of nitrogens with one attached hydrogen (secondary N) is 2. The summed E-state index contributed by atoms with van der Waals surface area (Å²) in [5.74, 6) is -0.250. The van der Waals surface area contributed by atoms with Crippen molar-refractivity contribution in [2.45, 2.75) is 71.5 Å². The molecular weight excluding hydrogens is 304 g/mol. The molecule has 0 heterocycles. The van der Waals surface area contributed by atoms with Gasteiger partial charge in [-0.05, 0) is 43.9 Å². The quantitative estimate of drug-likeness (QED) is 0.827. The molecule has 2 amide bonds. The second-order valence-electron chi connectivity index (χ2n) is 6.44. The molecule has 0 saturated heterocycles. The number of carbonyl (C=O) groups excluding carboxylic acids is 2. The molecule has 0 bridgehead atoms. The Hall–Kier alpha value is -1.88. The SMILES string of the molecule is CC[C@@H](OC1CCCCC1)C(=O)Nc1cccc(NC(C)=O)c1C. The summed E-state index contributed by atoms with van der Waals surface area (Å²) in [4.78, 5) is 23.8. The van der Waals surface area contributed by atoms with Gasteiger partial charge in [0.05, 0.1) is 6.10 Å². The Morgan fingerprint density at radius 2 is 1.79 bits per heavy atom. The fraction of sp³-hybridized carbons (Fsp3) is 0.579. The van der Waals surface area contributed by atoms with E-state index in [4.69, 9.17) is 4.74 Å². The van der Waals surface area contributed by atoms with Crippen molar-refractivity contribution in [2.24, 2.45) is 0 Å². The van der Waals surface area contributed by atoms with Crippen LogP contribution in [0.15, 0.2) is 18.2 Å². The number of amides is 2. The predicted octanol–water partition coefficient (Wildman–Crippen LogP) is 4.02. The van der Waals surface area contributed by atoms with E-state index in [1.165, 1.54) is 26.2 Å². The smallest absolute Gasteiger partial charge is 0.253 e. The summed E-state index contributed by atoms with van der Waals surface area (Å²) >= 11 is 0. The second-order valence-corrected chi connectivity index (χ2v) is 6.44. The molecule has 24 heavy (non-hydrogen) atoms. The summed E-state index contributed by atoms with van der Waals surface area (Å²) < 4.78 is 6.03. The molecule has 2 N–H and O–H groups in total. The number of hydrogen-bond acceptors (Lipinski definition) is 3. The van der Waals surface area contributed by atoms with E-state index in [1.54, 1.807) is 0 Å². The molecule has 0 aliphatic heterocycles. The van der Waals surface area contributed by atoms with Gasteiger partial charge in [-0.15, -0.1) is 0 Å². The lowest BCUT2D eigenvalue weighted by Crippen LogP contribution is -2.34. The zero-order valence-electron chi connectivity index (χ0n) is 14.9. The maximum absolute atomic E-state index is 12.6. The van der Waals surface area contributed by atoms with Gasteiger partial charge < -0.3 is 15.4 Å². The number of carbonyl (C=O) groups is 2. The summed E-state index contributed by atoms with van der Waals surface area (Å²) in [5.41, 5.74) is 2.26. The Kier molecular flexibility index (Phi) is 6.79. The number of anilines is 2. The van der Waals surface area contributed by atoms with Crippen molar-refractivity contribution in [3.63, 3.8) is 0 Å². The van der Waals surface area contributed by atoms with Gasteiger partial charge in [0.2, 0.25) is 5.91 Å². The van der Waals surface area contributed by atoms with Crippen LogP contribution in [0.1, 0.15) is 57.9 Å². The number of hydrogen-bond donors (Lipinski definition) is 2. The maximum Gasteiger partial charge on any atom is 0.253 e. The first-order valence-corrected chi connectivity index (χ1v) is 8.84. The van der Waals surface area contributed by atoms with Gasteiger partial charge in [0.25, 0.3) is 5.91 Å². The van der Waals surface area contributed by atoms with Gasteiger partial charge in [-0.3, -0.25) is 9.59 Å². The highest BCUT2D eigenvalue weighted by atomic mass is 16.5. The first-order valence-electron chi connectivity index (χ1n) is 8.84. The predicted molar refractivity (Wildman–Crippen MR) is 96.1 cm³/mol. The van der Waals surface area contributed by atoms with Gasteiger partial charge in [-0.25, -0.2) is 0 Å². The van der Waals surface area contributed by atoms with Crippen LogP contribution < -0.4 is 10.6 Å². The van der Waals surface area contributed by atoms with E-state index in [1.807, 2.05) is 32.0 Å². The van der Waals surface area contributed by atoms with Crippen molar-refractivity contribution in [3.8, 4) is 0 Å². The molecule has 1 aromatic rings. The molecule has 132 valence electrons. The van der Waals surface area contributed by atoms with Crippen LogP contribution in [-0.2, 0) is 14.3 Å². The zero-order chi connectivity index (χ0) is 17.5. The molecule has 1 aromatic carbocycles. The van der Waals surface area contributed by atoms with Crippen LogP contribution in [0.2, 0.25) is 0 Å². The van der Waals surface area contributed by atoms with Crippen LogP contribution in [0.25, 0.3) is 0 Å². The standard InChI is InChI=1S/C19H28N2O3/c1-4-18(24-15-9-6-5-7-10-15)19(23)21-17-12-8-11-16(13(17)2)20-14(3)22/h8,11-12,15,18H,4-7,9-10H2,1-3H3,(H,20,22)(H,21,23)/t18-/m1/s1. The summed E-state index contributed by atoms with van der Waals surface area (Å²) in [6.07, 6.45) is 6.12. The van der Waals surface area contributed by atoms with Gasteiger partial charge in [-0.1, -0.05) is 32.3 Å². The molecule has 5 heteroatoms. The molecule has 1 fully saturated rings. The van der Waals surface area contributed by atoms with Crippen molar-refractivity contribution in [3.05, 3.63) is 23.8 Å². The number of benzene rings is 1. The lowest BCUT2D eigenvalue weighted by Gasteiger charge is -2.26. The van der Waals surface area contributed by atoms with Crippen LogP contribution in [0.3, 0.4) is 0 Å². The monoisotopic (exact) mass is 332 g/mol. The molecule has 1 saturated carbocycles. The Bertz CT molecular complexity index is 580. The van der Waals surface area contributed by atoms with E-state index in [9.17, 15) is 9.59 Å². The van der Waals surface area contributed by atoms with E-state index < -0.39 is 6.10 Å². The highest BCUT2D eigenvalue weighted by molar-refractivity contribution is 5.97. The minimum Gasteiger partial charge on any atom is -0.365 e. The number of ether oxygens (including phenoxy) is 1. The molecule has 0 unspecified atom stereocenters. The fourth-order valence-electron chi connectivity index (χ4n) is 3.09. The van der Waals surface area contributed by atoms with Crippen molar-refractivity contribution in [2.75, 3.05) is 10.6 Å². The molecular formula is C19H28N2O3. The Morgan fingerprint density at radius 1 is 1.17 bits per heavy atom. The van der Waals surface area contributed by atoms with E-state index in [2.05, 4.69) is 10.6 Å². The van der Waals surface area contributed by atoms with Crippen molar-refractivity contribution in [1.29, 1.82) is 0 Å². The molecule has 2 rings (SSSR count). The molecule has 0 aromatic heterocycles. The van der Waals surface area contributed by atoms with Crippen molar-refractivity contribution >= 4 is 23.2 Å². The highest BCUT2D eigenvalue weighted by Crippen LogP contribution is 2.25. The average Bonchev–Trinajstić information content (AvgIpc) is 2.56. The molecule has 1 aliphatic carbocycles. The van der Waals surface area contributed by atoms with Gasteiger partial charge in [0.15, 0.2) is 0 Å². The minimum atomic E-state index is -0.433. The van der Waals surface area contributed by atoms with E-state index in [0.717, 1.165) is 18.4 Å². The van der Waals surface area contributed by atoms with Crippen molar-refractivity contribution in [1.82, 2.24) is 0 Å². The van der Waals surface area contributed by atoms with Gasteiger partial charge in [-0.2, -0.15) is 0 Å². The van der Waals surface area contributed by atoms with Crippen LogP contribution in [0, 0.1) is 6.92 Å². The van der Waals surface area contributed by atoms with E-state index >= 15 is 0 Å². The maximum atomic E-state index is 12.6. The van der Waals surface area contributed by atoms with Crippen LogP contribution in [0.4, 0.5) is 11.4 Å². The average molecular weight is 332 g/mol. The molecule has 0 spiro atoms. The minimum absolute atomic E-state index is 0.119. The van der Waals surface area contributed by atoms with Crippen LogP contribution in [0.5, 0.6) is 0 Å².